The summed E-state index contributed by atoms with van der Waals surface area (Å²) in [5, 5.41) is 5.99. The van der Waals surface area contributed by atoms with Crippen LogP contribution in [0.3, 0.4) is 0 Å². The smallest absolute Gasteiger partial charge is 0.260 e. The van der Waals surface area contributed by atoms with Gasteiger partial charge in [-0.25, -0.2) is 14.6 Å². The van der Waals surface area contributed by atoms with Crippen molar-refractivity contribution in [1.29, 1.82) is 0 Å². The van der Waals surface area contributed by atoms with Crippen LogP contribution in [0.1, 0.15) is 54.7 Å². The molecule has 1 aromatic carbocycles. The van der Waals surface area contributed by atoms with Gasteiger partial charge in [-0.15, -0.1) is 0 Å². The van der Waals surface area contributed by atoms with Gasteiger partial charge in [-0.1, -0.05) is 23.5 Å². The molecule has 6 nitrogen and oxygen atoms in total. The van der Waals surface area contributed by atoms with Crippen LogP contribution in [-0.2, 0) is 0 Å². The van der Waals surface area contributed by atoms with Gasteiger partial charge in [0.05, 0.1) is 27.4 Å². The van der Waals surface area contributed by atoms with E-state index in [9.17, 15) is 4.79 Å². The van der Waals surface area contributed by atoms with E-state index >= 15 is 0 Å². The summed E-state index contributed by atoms with van der Waals surface area (Å²) in [6.45, 7) is 4.15. The Morgan fingerprint density at radius 3 is 2.75 bits per heavy atom. The van der Waals surface area contributed by atoms with Gasteiger partial charge >= 0.3 is 0 Å². The second kappa shape index (κ2) is 6.38. The summed E-state index contributed by atoms with van der Waals surface area (Å²) in [6, 6.07) is 10.1. The van der Waals surface area contributed by atoms with Crippen molar-refractivity contribution in [2.24, 2.45) is 0 Å². The van der Waals surface area contributed by atoms with E-state index in [2.05, 4.69) is 23.9 Å². The Kier molecular flexibility index (Phi) is 3.94. The molecule has 3 heterocycles. The number of amides is 1. The fourth-order valence-electron chi connectivity index (χ4n) is 3.45. The molecule has 1 aliphatic carbocycles. The fraction of sp³-hybridized carbons (Fsp3) is 0.333. The third kappa shape index (κ3) is 2.77. The number of hydrogen-bond acceptors (Lipinski definition) is 5. The molecule has 3 aromatic heterocycles. The summed E-state index contributed by atoms with van der Waals surface area (Å²) in [7, 11) is 1.79. The highest BCUT2D eigenvalue weighted by molar-refractivity contribution is 7.22. The zero-order valence-electron chi connectivity index (χ0n) is 16.1. The predicted octanol–water partition coefficient (Wildman–Crippen LogP) is 4.78. The molecule has 0 spiro atoms. The van der Waals surface area contributed by atoms with Crippen LogP contribution in [0.25, 0.3) is 21.3 Å². The SMILES string of the molecule is CC(C)n1ncc2c(C(=O)N(C)c3nc4ccccc4s3)cc(C3CC3)nc21. The third-order valence-electron chi connectivity index (χ3n) is 5.18. The van der Waals surface area contributed by atoms with Crippen LogP contribution in [-0.4, -0.2) is 32.7 Å². The largest absolute Gasteiger partial charge is 0.287 e. The van der Waals surface area contributed by atoms with Crippen LogP contribution < -0.4 is 4.90 Å². The molecule has 5 rings (SSSR count). The zero-order chi connectivity index (χ0) is 19.4. The highest BCUT2D eigenvalue weighted by Crippen LogP contribution is 2.40. The highest BCUT2D eigenvalue weighted by atomic mass is 32.1. The number of rotatable bonds is 4. The Morgan fingerprint density at radius 1 is 1.25 bits per heavy atom. The first-order valence-corrected chi connectivity index (χ1v) is 10.4. The standard InChI is InChI=1S/C21H21N5OS/c1-12(2)26-19-15(11-22-26)14(10-17(23-19)13-8-9-13)20(27)25(3)21-24-16-6-4-5-7-18(16)28-21/h4-7,10-13H,8-9H2,1-3H3. The minimum Gasteiger partial charge on any atom is -0.287 e. The van der Waals surface area contributed by atoms with Gasteiger partial charge in [0.25, 0.3) is 5.91 Å². The number of pyridine rings is 1. The van der Waals surface area contributed by atoms with E-state index in [0.29, 0.717) is 16.6 Å². The molecule has 1 saturated carbocycles. The van der Waals surface area contributed by atoms with Crippen LogP contribution in [0.15, 0.2) is 36.5 Å². The molecule has 0 aliphatic heterocycles. The number of carbonyl (C=O) groups is 1. The Labute approximate surface area is 166 Å². The molecule has 0 atom stereocenters. The van der Waals surface area contributed by atoms with Gasteiger partial charge in [0.1, 0.15) is 0 Å². The molecule has 0 unspecified atom stereocenters. The number of anilines is 1. The Bertz CT molecular complexity index is 1170. The van der Waals surface area contributed by atoms with Gasteiger partial charge < -0.3 is 0 Å². The van der Waals surface area contributed by atoms with E-state index in [1.165, 1.54) is 11.3 Å². The summed E-state index contributed by atoms with van der Waals surface area (Å²) >= 11 is 1.52. The number of para-hydroxylation sites is 1. The van der Waals surface area contributed by atoms with Gasteiger partial charge in [0, 0.05) is 24.7 Å². The van der Waals surface area contributed by atoms with Crippen LogP contribution in [0, 0.1) is 0 Å². The predicted molar refractivity (Wildman–Crippen MR) is 112 cm³/mol. The van der Waals surface area contributed by atoms with E-state index in [-0.39, 0.29) is 11.9 Å². The van der Waals surface area contributed by atoms with E-state index in [1.54, 1.807) is 18.1 Å². The second-order valence-corrected chi connectivity index (χ2v) is 8.63. The summed E-state index contributed by atoms with van der Waals surface area (Å²) < 4.78 is 2.97. The number of hydrogen-bond donors (Lipinski definition) is 0. The molecule has 0 N–H and O–H groups in total. The molecule has 0 radical (unpaired) electrons. The van der Waals surface area contributed by atoms with Crippen LogP contribution in [0.2, 0.25) is 0 Å². The molecule has 0 saturated heterocycles. The van der Waals surface area contributed by atoms with E-state index in [0.717, 1.165) is 39.8 Å². The van der Waals surface area contributed by atoms with Gasteiger partial charge in [-0.3, -0.25) is 9.69 Å². The molecular formula is C21H21N5OS. The van der Waals surface area contributed by atoms with Gasteiger partial charge in [0.2, 0.25) is 0 Å². The molecule has 142 valence electrons. The Balaban J connectivity index is 1.61. The first-order valence-electron chi connectivity index (χ1n) is 9.54. The molecular weight excluding hydrogens is 370 g/mol. The summed E-state index contributed by atoms with van der Waals surface area (Å²) in [5.74, 6) is 0.385. The number of carbonyl (C=O) groups excluding carboxylic acids is 1. The van der Waals surface area contributed by atoms with Crippen molar-refractivity contribution in [1.82, 2.24) is 19.7 Å². The van der Waals surface area contributed by atoms with Crippen molar-refractivity contribution >= 4 is 43.6 Å². The maximum absolute atomic E-state index is 13.4. The van der Waals surface area contributed by atoms with Gasteiger partial charge in [-0.2, -0.15) is 5.10 Å². The van der Waals surface area contributed by atoms with Crippen LogP contribution >= 0.6 is 11.3 Å². The topological polar surface area (TPSA) is 63.9 Å². The number of thiazole rings is 1. The summed E-state index contributed by atoms with van der Waals surface area (Å²) in [5.41, 5.74) is 3.35. The summed E-state index contributed by atoms with van der Waals surface area (Å²) in [4.78, 5) is 24.6. The van der Waals surface area contributed by atoms with Gasteiger partial charge in [-0.05, 0) is 44.9 Å². The Hall–Kier alpha value is -2.80. The molecule has 1 fully saturated rings. The van der Waals surface area contributed by atoms with Crippen molar-refractivity contribution in [3.05, 3.63) is 47.8 Å². The molecule has 0 bridgehead atoms. The lowest BCUT2D eigenvalue weighted by Gasteiger charge is -2.15. The van der Waals surface area contributed by atoms with Crippen LogP contribution in [0.5, 0.6) is 0 Å². The maximum Gasteiger partial charge on any atom is 0.260 e. The van der Waals surface area contributed by atoms with Crippen molar-refractivity contribution in [3.63, 3.8) is 0 Å². The average molecular weight is 392 g/mol. The molecule has 7 heteroatoms. The van der Waals surface area contributed by atoms with E-state index < -0.39 is 0 Å². The average Bonchev–Trinajstić information content (AvgIpc) is 3.31. The number of fused-ring (bicyclic) bond motifs is 2. The normalized spacial score (nSPS) is 14.3. The quantitative estimate of drug-likeness (QED) is 0.502. The van der Waals surface area contributed by atoms with Crippen molar-refractivity contribution in [2.75, 3.05) is 11.9 Å². The van der Waals surface area contributed by atoms with Crippen LogP contribution in [0.4, 0.5) is 5.13 Å². The van der Waals surface area contributed by atoms with Crippen molar-refractivity contribution < 1.29 is 4.79 Å². The van der Waals surface area contributed by atoms with Crippen molar-refractivity contribution in [3.8, 4) is 0 Å². The molecule has 4 aromatic rings. The molecule has 1 amide bonds. The third-order valence-corrected chi connectivity index (χ3v) is 6.29. The van der Waals surface area contributed by atoms with E-state index in [4.69, 9.17) is 4.98 Å². The second-order valence-electron chi connectivity index (χ2n) is 7.62. The summed E-state index contributed by atoms with van der Waals surface area (Å²) in [6.07, 6.45) is 4.03. The minimum absolute atomic E-state index is 0.0725. The maximum atomic E-state index is 13.4. The monoisotopic (exact) mass is 391 g/mol. The fourth-order valence-corrected chi connectivity index (χ4v) is 4.38. The number of nitrogens with zero attached hydrogens (tertiary/aromatic N) is 5. The lowest BCUT2D eigenvalue weighted by Crippen LogP contribution is -2.26. The first-order chi connectivity index (χ1) is 13.5. The lowest BCUT2D eigenvalue weighted by atomic mass is 10.1. The lowest BCUT2D eigenvalue weighted by molar-refractivity contribution is 0.0994. The molecule has 1 aliphatic rings. The first kappa shape index (κ1) is 17.3. The number of aromatic nitrogens is 4. The minimum atomic E-state index is -0.0725. The van der Waals surface area contributed by atoms with Crippen molar-refractivity contribution in [2.45, 2.75) is 38.6 Å². The Morgan fingerprint density at radius 2 is 2.04 bits per heavy atom. The molecule has 28 heavy (non-hydrogen) atoms. The highest BCUT2D eigenvalue weighted by Gasteiger charge is 2.29. The van der Waals surface area contributed by atoms with Gasteiger partial charge in [0.15, 0.2) is 10.8 Å². The number of benzene rings is 1. The van der Waals surface area contributed by atoms with E-state index in [1.807, 2.05) is 35.0 Å². The zero-order valence-corrected chi connectivity index (χ0v) is 16.9.